The molecular weight excluding hydrogens is 364 g/mol. The largest absolute Gasteiger partial charge is 0.423 e. The molecule has 0 fully saturated rings. The van der Waals surface area contributed by atoms with Crippen LogP contribution < -0.4 is 9.47 Å². The van der Waals surface area contributed by atoms with Crippen molar-refractivity contribution in [3.63, 3.8) is 0 Å². The normalized spacial score (nSPS) is 11.8. The number of carbonyl (C=O) groups excluding carboxylic acids is 2. The van der Waals surface area contributed by atoms with Gasteiger partial charge in [0.1, 0.15) is 0 Å². The van der Waals surface area contributed by atoms with Crippen LogP contribution in [0.25, 0.3) is 0 Å². The maximum Gasteiger partial charge on any atom is 0.314 e. The zero-order valence-corrected chi connectivity index (χ0v) is 18.7. The van der Waals surface area contributed by atoms with Gasteiger partial charge in [-0.3, -0.25) is 9.59 Å². The summed E-state index contributed by atoms with van der Waals surface area (Å²) in [4.78, 5) is 24.9. The van der Waals surface area contributed by atoms with E-state index in [0.717, 1.165) is 51.4 Å². The molecular formula is C25H40O4. The van der Waals surface area contributed by atoms with E-state index in [-0.39, 0.29) is 17.9 Å². The number of benzene rings is 1. The maximum absolute atomic E-state index is 12.7. The van der Waals surface area contributed by atoms with Crippen molar-refractivity contribution in [2.75, 3.05) is 0 Å². The number of esters is 2. The zero-order valence-electron chi connectivity index (χ0n) is 18.7. The standard InChI is InChI=1S/C25H40O4/c1-4-7-9-11-13-20-24(26)28-22-18-14-15-19-23(22)29-25(27)21(16-6-3)17-12-10-8-5-2/h14-15,18-19,21H,4-13,16-17,20H2,1-3H3. The highest BCUT2D eigenvalue weighted by atomic mass is 16.6. The van der Waals surface area contributed by atoms with Crippen LogP contribution in [0, 0.1) is 5.92 Å². The number of carbonyl (C=O) groups is 2. The molecule has 0 aliphatic heterocycles. The van der Waals surface area contributed by atoms with Crippen molar-refractivity contribution >= 4 is 11.9 Å². The molecule has 1 rings (SSSR count). The number of hydrogen-bond donors (Lipinski definition) is 0. The van der Waals surface area contributed by atoms with Crippen LogP contribution >= 0.6 is 0 Å². The third-order valence-electron chi connectivity index (χ3n) is 5.14. The molecule has 1 aromatic rings. The molecule has 1 atom stereocenters. The average Bonchev–Trinajstić information content (AvgIpc) is 2.71. The number of para-hydroxylation sites is 2. The molecule has 0 spiro atoms. The van der Waals surface area contributed by atoms with Gasteiger partial charge in [-0.05, 0) is 31.4 Å². The van der Waals surface area contributed by atoms with Crippen molar-refractivity contribution < 1.29 is 19.1 Å². The molecule has 29 heavy (non-hydrogen) atoms. The van der Waals surface area contributed by atoms with Gasteiger partial charge < -0.3 is 9.47 Å². The summed E-state index contributed by atoms with van der Waals surface area (Å²) in [5.74, 6) is 0.0902. The van der Waals surface area contributed by atoms with Gasteiger partial charge in [-0.2, -0.15) is 0 Å². The summed E-state index contributed by atoms with van der Waals surface area (Å²) >= 11 is 0. The van der Waals surface area contributed by atoms with Crippen molar-refractivity contribution in [3.05, 3.63) is 24.3 Å². The monoisotopic (exact) mass is 404 g/mol. The van der Waals surface area contributed by atoms with E-state index in [1.54, 1.807) is 24.3 Å². The van der Waals surface area contributed by atoms with Gasteiger partial charge in [0.15, 0.2) is 11.5 Å². The molecule has 0 N–H and O–H groups in total. The van der Waals surface area contributed by atoms with E-state index in [1.165, 1.54) is 25.7 Å². The minimum Gasteiger partial charge on any atom is -0.423 e. The van der Waals surface area contributed by atoms with Gasteiger partial charge in [0, 0.05) is 6.42 Å². The average molecular weight is 405 g/mol. The Morgan fingerprint density at radius 3 is 1.93 bits per heavy atom. The fraction of sp³-hybridized carbons (Fsp3) is 0.680. The Morgan fingerprint density at radius 1 is 0.724 bits per heavy atom. The first kappa shape index (κ1) is 25.2. The molecule has 0 aliphatic rings. The highest BCUT2D eigenvalue weighted by Crippen LogP contribution is 2.29. The van der Waals surface area contributed by atoms with Crippen molar-refractivity contribution in [3.8, 4) is 11.5 Å². The number of rotatable bonds is 16. The van der Waals surface area contributed by atoms with E-state index in [0.29, 0.717) is 17.9 Å². The predicted octanol–water partition coefficient (Wildman–Crippen LogP) is 7.24. The molecule has 0 radical (unpaired) electrons. The minimum atomic E-state index is -0.269. The zero-order chi connectivity index (χ0) is 21.3. The van der Waals surface area contributed by atoms with Crippen molar-refractivity contribution in [2.24, 2.45) is 5.92 Å². The van der Waals surface area contributed by atoms with E-state index < -0.39 is 0 Å². The van der Waals surface area contributed by atoms with Gasteiger partial charge in [0.25, 0.3) is 0 Å². The summed E-state index contributed by atoms with van der Waals surface area (Å²) in [7, 11) is 0. The SMILES string of the molecule is CCCCCCCC(=O)Oc1ccccc1OC(=O)C(CCC)CCCCCC. The summed E-state index contributed by atoms with van der Waals surface area (Å²) in [6.07, 6.45) is 13.0. The molecule has 0 bridgehead atoms. The lowest BCUT2D eigenvalue weighted by Crippen LogP contribution is -2.21. The lowest BCUT2D eigenvalue weighted by Gasteiger charge is -2.16. The molecule has 4 nitrogen and oxygen atoms in total. The predicted molar refractivity (Wildman–Crippen MR) is 118 cm³/mol. The lowest BCUT2D eigenvalue weighted by atomic mass is 9.96. The summed E-state index contributed by atoms with van der Waals surface area (Å²) in [6.45, 7) is 6.44. The molecule has 1 aromatic carbocycles. The summed E-state index contributed by atoms with van der Waals surface area (Å²) in [5.41, 5.74) is 0. The number of hydrogen-bond acceptors (Lipinski definition) is 4. The Hall–Kier alpha value is -1.84. The van der Waals surface area contributed by atoms with Crippen LogP contribution in [0.5, 0.6) is 11.5 Å². The Kier molecular flexibility index (Phi) is 13.9. The second-order valence-corrected chi connectivity index (χ2v) is 7.84. The van der Waals surface area contributed by atoms with Gasteiger partial charge in [-0.25, -0.2) is 0 Å². The van der Waals surface area contributed by atoms with Gasteiger partial charge in [0.2, 0.25) is 0 Å². The second-order valence-electron chi connectivity index (χ2n) is 7.84. The fourth-order valence-electron chi connectivity index (χ4n) is 3.40. The fourth-order valence-corrected chi connectivity index (χ4v) is 3.40. The van der Waals surface area contributed by atoms with E-state index in [1.807, 2.05) is 0 Å². The van der Waals surface area contributed by atoms with Gasteiger partial charge in [0.05, 0.1) is 5.92 Å². The molecule has 1 unspecified atom stereocenters. The van der Waals surface area contributed by atoms with Crippen LogP contribution in [-0.2, 0) is 9.59 Å². The third-order valence-corrected chi connectivity index (χ3v) is 5.14. The first-order valence-electron chi connectivity index (χ1n) is 11.6. The molecule has 0 heterocycles. The van der Waals surface area contributed by atoms with Crippen LogP contribution in [0.4, 0.5) is 0 Å². The quantitative estimate of drug-likeness (QED) is 0.165. The van der Waals surface area contributed by atoms with Gasteiger partial charge in [-0.1, -0.05) is 90.7 Å². The lowest BCUT2D eigenvalue weighted by molar-refractivity contribution is -0.140. The summed E-state index contributed by atoms with van der Waals surface area (Å²) in [6, 6.07) is 6.96. The van der Waals surface area contributed by atoms with Crippen LogP contribution in [0.3, 0.4) is 0 Å². The van der Waals surface area contributed by atoms with Crippen molar-refractivity contribution in [1.29, 1.82) is 0 Å². The van der Waals surface area contributed by atoms with E-state index >= 15 is 0 Å². The van der Waals surface area contributed by atoms with Crippen molar-refractivity contribution in [2.45, 2.75) is 104 Å². The molecule has 0 saturated heterocycles. The first-order valence-corrected chi connectivity index (χ1v) is 11.6. The first-order chi connectivity index (χ1) is 14.1. The van der Waals surface area contributed by atoms with E-state index in [4.69, 9.17) is 9.47 Å². The Morgan fingerprint density at radius 2 is 1.31 bits per heavy atom. The number of ether oxygens (including phenoxy) is 2. The van der Waals surface area contributed by atoms with Gasteiger partial charge >= 0.3 is 11.9 Å². The summed E-state index contributed by atoms with van der Waals surface area (Å²) < 4.78 is 11.1. The molecule has 0 aromatic heterocycles. The van der Waals surface area contributed by atoms with E-state index in [2.05, 4.69) is 20.8 Å². The Balaban J connectivity index is 2.59. The molecule has 0 saturated carbocycles. The van der Waals surface area contributed by atoms with Crippen LogP contribution in [0.15, 0.2) is 24.3 Å². The summed E-state index contributed by atoms with van der Waals surface area (Å²) in [5, 5.41) is 0. The molecule has 164 valence electrons. The van der Waals surface area contributed by atoms with Crippen LogP contribution in [0.1, 0.15) is 104 Å². The van der Waals surface area contributed by atoms with Gasteiger partial charge in [-0.15, -0.1) is 0 Å². The van der Waals surface area contributed by atoms with Crippen molar-refractivity contribution in [1.82, 2.24) is 0 Å². The molecule has 0 amide bonds. The molecule has 0 aliphatic carbocycles. The Bertz CT molecular complexity index is 582. The highest BCUT2D eigenvalue weighted by molar-refractivity contribution is 5.77. The maximum atomic E-state index is 12.7. The second kappa shape index (κ2) is 16.0. The molecule has 4 heteroatoms. The Labute approximate surface area is 177 Å². The smallest absolute Gasteiger partial charge is 0.314 e. The minimum absolute atomic E-state index is 0.0980. The highest BCUT2D eigenvalue weighted by Gasteiger charge is 2.21. The van der Waals surface area contributed by atoms with Crippen LogP contribution in [0.2, 0.25) is 0 Å². The van der Waals surface area contributed by atoms with Crippen LogP contribution in [-0.4, -0.2) is 11.9 Å². The topological polar surface area (TPSA) is 52.6 Å². The van der Waals surface area contributed by atoms with E-state index in [9.17, 15) is 9.59 Å². The third kappa shape index (κ3) is 11.1. The number of unbranched alkanes of at least 4 members (excludes halogenated alkanes) is 7.